The van der Waals surface area contributed by atoms with Crippen molar-refractivity contribution in [3.63, 3.8) is 0 Å². The number of carbonyl (C=O) groups is 2. The lowest BCUT2D eigenvalue weighted by atomic mass is 10.2. The molecule has 1 aromatic heterocycles. The molecule has 2 aromatic rings. The number of benzene rings is 1. The Morgan fingerprint density at radius 1 is 1.04 bits per heavy atom. The number of para-hydroxylation sites is 1. The Morgan fingerprint density at radius 2 is 1.65 bits per heavy atom. The van der Waals surface area contributed by atoms with Crippen LogP contribution in [0.2, 0.25) is 0 Å². The molecule has 0 aliphatic rings. The van der Waals surface area contributed by atoms with Crippen molar-refractivity contribution >= 4 is 23.1 Å². The minimum absolute atomic E-state index is 0.0225. The Bertz CT molecular complexity index is 786. The van der Waals surface area contributed by atoms with E-state index in [0.29, 0.717) is 5.52 Å². The first-order valence-corrected chi connectivity index (χ1v) is 8.43. The van der Waals surface area contributed by atoms with Crippen LogP contribution in [-0.2, 0) is 20.9 Å². The second-order valence-corrected chi connectivity index (χ2v) is 7.98. The number of ether oxygens (including phenoxy) is 2. The van der Waals surface area contributed by atoms with Crippen LogP contribution in [0.4, 0.5) is 4.79 Å². The van der Waals surface area contributed by atoms with Crippen LogP contribution in [0, 0.1) is 0 Å². The largest absolute Gasteiger partial charge is 0.459 e. The summed E-state index contributed by atoms with van der Waals surface area (Å²) >= 11 is 0. The zero-order valence-electron chi connectivity index (χ0n) is 16.1. The van der Waals surface area contributed by atoms with Crippen LogP contribution in [0.3, 0.4) is 0 Å². The fourth-order valence-electron chi connectivity index (χ4n) is 2.21. The molecule has 0 N–H and O–H groups in total. The number of esters is 1. The molecule has 26 heavy (non-hydrogen) atoms. The number of carbonyl (C=O) groups excluding carboxylic acids is 2. The maximum absolute atomic E-state index is 12.6. The summed E-state index contributed by atoms with van der Waals surface area (Å²) in [5.41, 5.74) is 0.129. The van der Waals surface area contributed by atoms with Crippen LogP contribution in [0.25, 0.3) is 11.0 Å². The van der Waals surface area contributed by atoms with Crippen LogP contribution in [-0.4, -0.2) is 49.7 Å². The summed E-state index contributed by atoms with van der Waals surface area (Å²) in [5.74, 6) is -0.521. The maximum atomic E-state index is 12.6. The highest BCUT2D eigenvalue weighted by Crippen LogP contribution is 2.15. The predicted octanol–water partition coefficient (Wildman–Crippen LogP) is 2.97. The lowest BCUT2D eigenvalue weighted by molar-refractivity contribution is -0.156. The van der Waals surface area contributed by atoms with Gasteiger partial charge in [0.2, 0.25) is 0 Å². The second kappa shape index (κ2) is 7.31. The molecule has 0 bridgehead atoms. The average molecular weight is 362 g/mol. The normalized spacial score (nSPS) is 12.1. The number of hydrogen-bond donors (Lipinski definition) is 0. The highest BCUT2D eigenvalue weighted by molar-refractivity contribution is 5.78. The van der Waals surface area contributed by atoms with Crippen molar-refractivity contribution in [2.24, 2.45) is 0 Å². The van der Waals surface area contributed by atoms with Gasteiger partial charge in [-0.1, -0.05) is 17.3 Å². The van der Waals surface area contributed by atoms with Crippen molar-refractivity contribution in [1.29, 1.82) is 0 Å². The first-order valence-electron chi connectivity index (χ1n) is 8.43. The van der Waals surface area contributed by atoms with E-state index in [9.17, 15) is 9.59 Å². The smallest absolute Gasteiger partial charge is 0.412 e. The van der Waals surface area contributed by atoms with Crippen molar-refractivity contribution in [2.45, 2.75) is 59.4 Å². The van der Waals surface area contributed by atoms with Crippen molar-refractivity contribution in [2.75, 3.05) is 6.54 Å². The number of rotatable bonds is 4. The number of amides is 1. The molecule has 1 amide bonds. The van der Waals surface area contributed by atoms with Gasteiger partial charge in [-0.05, 0) is 53.7 Å². The molecule has 0 unspecified atom stereocenters. The fourth-order valence-corrected chi connectivity index (χ4v) is 2.21. The maximum Gasteiger partial charge on any atom is 0.412 e. The standard InChI is InChI=1S/C18H26N4O4/c1-17(2,3)25-15(23)11-21(16(24)26-18(4,5)6)12-22-14-10-8-7-9-13(14)19-20-22/h7-10H,11-12H2,1-6H3. The van der Waals surface area contributed by atoms with E-state index in [-0.39, 0.29) is 13.2 Å². The molecular formula is C18H26N4O4. The van der Waals surface area contributed by atoms with Crippen molar-refractivity contribution in [1.82, 2.24) is 19.9 Å². The van der Waals surface area contributed by atoms with Gasteiger partial charge < -0.3 is 9.47 Å². The second-order valence-electron chi connectivity index (χ2n) is 7.98. The van der Waals surface area contributed by atoms with Gasteiger partial charge >= 0.3 is 12.1 Å². The van der Waals surface area contributed by atoms with Gasteiger partial charge in [-0.2, -0.15) is 0 Å². The molecule has 0 saturated carbocycles. The SMILES string of the molecule is CC(C)(C)OC(=O)CN(Cn1nnc2ccccc21)C(=O)OC(C)(C)C. The van der Waals surface area contributed by atoms with Crippen LogP contribution in [0.5, 0.6) is 0 Å². The molecule has 142 valence electrons. The molecule has 0 radical (unpaired) electrons. The van der Waals surface area contributed by atoms with Gasteiger partial charge in [0, 0.05) is 0 Å². The summed E-state index contributed by atoms with van der Waals surface area (Å²) in [5, 5.41) is 8.12. The summed E-state index contributed by atoms with van der Waals surface area (Å²) in [7, 11) is 0. The highest BCUT2D eigenvalue weighted by Gasteiger charge is 2.27. The topological polar surface area (TPSA) is 86.5 Å². The third kappa shape index (κ3) is 5.72. The lowest BCUT2D eigenvalue weighted by Gasteiger charge is -2.28. The third-order valence-corrected chi connectivity index (χ3v) is 3.12. The quantitative estimate of drug-likeness (QED) is 0.777. The van der Waals surface area contributed by atoms with E-state index in [1.165, 1.54) is 4.90 Å². The molecule has 0 fully saturated rings. The minimum atomic E-state index is -0.687. The molecule has 0 aliphatic carbocycles. The molecule has 1 aromatic carbocycles. The first-order chi connectivity index (χ1) is 11.9. The number of nitrogens with zero attached hydrogens (tertiary/aromatic N) is 4. The summed E-state index contributed by atoms with van der Waals surface area (Å²) in [6.07, 6.45) is -0.622. The van der Waals surface area contributed by atoms with Gasteiger partial charge in [0.25, 0.3) is 0 Å². The molecule has 0 atom stereocenters. The van der Waals surface area contributed by atoms with Crippen molar-refractivity contribution in [3.05, 3.63) is 24.3 Å². The van der Waals surface area contributed by atoms with E-state index in [4.69, 9.17) is 9.47 Å². The molecule has 0 saturated heterocycles. The molecule has 8 nitrogen and oxygen atoms in total. The summed E-state index contributed by atoms with van der Waals surface area (Å²) in [6.45, 7) is 10.4. The molecule has 1 heterocycles. The molecule has 0 spiro atoms. The van der Waals surface area contributed by atoms with Gasteiger partial charge in [-0.25, -0.2) is 9.48 Å². The number of aromatic nitrogens is 3. The Kier molecular flexibility index (Phi) is 5.53. The highest BCUT2D eigenvalue weighted by atomic mass is 16.6. The van der Waals surface area contributed by atoms with Gasteiger partial charge in [0.05, 0.1) is 5.52 Å². The van der Waals surface area contributed by atoms with E-state index in [1.54, 1.807) is 46.2 Å². The molecule has 0 aliphatic heterocycles. The van der Waals surface area contributed by atoms with E-state index >= 15 is 0 Å². The summed E-state index contributed by atoms with van der Waals surface area (Å²) in [4.78, 5) is 26.0. The zero-order valence-corrected chi connectivity index (χ0v) is 16.1. The molecule has 2 rings (SSSR count). The minimum Gasteiger partial charge on any atom is -0.459 e. The first kappa shape index (κ1) is 19.7. The van der Waals surface area contributed by atoms with Crippen LogP contribution in [0.1, 0.15) is 41.5 Å². The predicted molar refractivity (Wildman–Crippen MR) is 96.3 cm³/mol. The van der Waals surface area contributed by atoms with E-state index in [2.05, 4.69) is 10.3 Å². The lowest BCUT2D eigenvalue weighted by Crippen LogP contribution is -2.42. The third-order valence-electron chi connectivity index (χ3n) is 3.12. The Hall–Kier alpha value is -2.64. The fraction of sp³-hybridized carbons (Fsp3) is 0.556. The Balaban J connectivity index is 2.22. The van der Waals surface area contributed by atoms with Gasteiger partial charge in [0.1, 0.15) is 29.9 Å². The number of hydrogen-bond acceptors (Lipinski definition) is 6. The molecule has 8 heteroatoms. The van der Waals surface area contributed by atoms with Crippen LogP contribution < -0.4 is 0 Å². The van der Waals surface area contributed by atoms with Gasteiger partial charge in [-0.15, -0.1) is 5.10 Å². The monoisotopic (exact) mass is 362 g/mol. The van der Waals surface area contributed by atoms with Gasteiger partial charge in [0.15, 0.2) is 0 Å². The molecular weight excluding hydrogens is 336 g/mol. The van der Waals surface area contributed by atoms with E-state index in [1.807, 2.05) is 24.3 Å². The zero-order chi connectivity index (χ0) is 19.5. The van der Waals surface area contributed by atoms with E-state index in [0.717, 1.165) is 5.52 Å². The van der Waals surface area contributed by atoms with Gasteiger partial charge in [-0.3, -0.25) is 9.69 Å². The Morgan fingerprint density at radius 3 is 2.27 bits per heavy atom. The van der Waals surface area contributed by atoms with Crippen LogP contribution in [0.15, 0.2) is 24.3 Å². The summed E-state index contributed by atoms with van der Waals surface area (Å²) < 4.78 is 12.3. The average Bonchev–Trinajstić information content (AvgIpc) is 2.86. The van der Waals surface area contributed by atoms with Crippen molar-refractivity contribution < 1.29 is 19.1 Å². The number of fused-ring (bicyclic) bond motifs is 1. The Labute approximate surface area is 153 Å². The van der Waals surface area contributed by atoms with Crippen molar-refractivity contribution in [3.8, 4) is 0 Å². The van der Waals surface area contributed by atoms with Crippen LogP contribution >= 0.6 is 0 Å². The summed E-state index contributed by atoms with van der Waals surface area (Å²) in [6, 6.07) is 7.38. The van der Waals surface area contributed by atoms with E-state index < -0.39 is 23.3 Å².